The third kappa shape index (κ3) is 5.77. The van der Waals surface area contributed by atoms with E-state index in [0.717, 1.165) is 28.5 Å². The van der Waals surface area contributed by atoms with Crippen LogP contribution in [0.2, 0.25) is 0 Å². The lowest BCUT2D eigenvalue weighted by Crippen LogP contribution is -3.00. The zero-order valence-electron chi connectivity index (χ0n) is 16.9. The Morgan fingerprint density at radius 1 is 1.24 bits per heavy atom. The number of nitrogens with zero attached hydrogens (tertiary/aromatic N) is 2. The molecule has 0 radical (unpaired) electrons. The van der Waals surface area contributed by atoms with Crippen LogP contribution in [-0.4, -0.2) is 16.0 Å². The van der Waals surface area contributed by atoms with E-state index in [2.05, 4.69) is 22.3 Å². The van der Waals surface area contributed by atoms with Gasteiger partial charge in [0.15, 0.2) is 12.4 Å². The number of aryl methyl sites for hydroxylation is 2. The summed E-state index contributed by atoms with van der Waals surface area (Å²) in [6.07, 6.45) is 13.3. The van der Waals surface area contributed by atoms with E-state index in [1.807, 2.05) is 42.1 Å². The van der Waals surface area contributed by atoms with Crippen LogP contribution in [0, 0.1) is 12.8 Å². The Kier molecular flexibility index (Phi) is 7.62. The fourth-order valence-corrected chi connectivity index (χ4v) is 4.87. The van der Waals surface area contributed by atoms with E-state index in [1.54, 1.807) is 11.3 Å². The topological polar surface area (TPSA) is 49.6 Å². The lowest BCUT2D eigenvalue weighted by Gasteiger charge is -2.20. The summed E-state index contributed by atoms with van der Waals surface area (Å²) < 4.78 is 1.95. The fourth-order valence-electron chi connectivity index (χ4n) is 4.07. The van der Waals surface area contributed by atoms with Crippen LogP contribution in [0.1, 0.15) is 58.8 Å². The highest BCUT2D eigenvalue weighted by Gasteiger charge is 2.17. The molecule has 0 unspecified atom stereocenters. The molecule has 29 heavy (non-hydrogen) atoms. The van der Waals surface area contributed by atoms with E-state index in [0.29, 0.717) is 6.54 Å². The first kappa shape index (κ1) is 21.7. The molecular formula is C23H28ClN3OS. The van der Waals surface area contributed by atoms with Crippen molar-refractivity contribution in [1.82, 2.24) is 10.2 Å². The van der Waals surface area contributed by atoms with Gasteiger partial charge in [0, 0.05) is 16.6 Å². The van der Waals surface area contributed by atoms with Gasteiger partial charge in [0.1, 0.15) is 0 Å². The van der Waals surface area contributed by atoms with Gasteiger partial charge in [-0.25, -0.2) is 0 Å². The summed E-state index contributed by atoms with van der Waals surface area (Å²) in [5, 5.41) is 7.72. The highest BCUT2D eigenvalue weighted by molar-refractivity contribution is 7.13. The number of hydrogen-bond acceptors (Lipinski definition) is 3. The summed E-state index contributed by atoms with van der Waals surface area (Å²) in [5.41, 5.74) is 3.20. The zero-order chi connectivity index (χ0) is 19.3. The number of H-pyrrole nitrogens is 1. The molecule has 4 rings (SSSR count). The van der Waals surface area contributed by atoms with Crippen LogP contribution >= 0.6 is 11.3 Å². The van der Waals surface area contributed by atoms with Gasteiger partial charge in [-0.2, -0.15) is 9.67 Å². The van der Waals surface area contributed by atoms with Gasteiger partial charge in [-0.15, -0.1) is 11.3 Å². The first-order valence-electron chi connectivity index (χ1n) is 10.3. The summed E-state index contributed by atoms with van der Waals surface area (Å²) in [6.45, 7) is 2.38. The van der Waals surface area contributed by atoms with Crippen molar-refractivity contribution in [2.24, 2.45) is 5.92 Å². The lowest BCUT2D eigenvalue weighted by molar-refractivity contribution is -0.682. The number of carbonyl (C=O) groups is 1. The molecule has 3 heterocycles. The minimum atomic E-state index is 0. The number of hydrogen-bond donors (Lipinski definition) is 1. The first-order valence-corrected chi connectivity index (χ1v) is 11.1. The maximum atomic E-state index is 12.5. The Labute approximate surface area is 182 Å². The molecule has 0 bridgehead atoms. The molecule has 1 aliphatic carbocycles. The van der Waals surface area contributed by atoms with Crippen LogP contribution in [0.4, 0.5) is 0 Å². The molecule has 0 aliphatic heterocycles. The van der Waals surface area contributed by atoms with Crippen molar-refractivity contribution in [3.63, 3.8) is 0 Å². The normalized spacial score (nSPS) is 14.5. The van der Waals surface area contributed by atoms with Gasteiger partial charge < -0.3 is 12.4 Å². The molecule has 0 saturated heterocycles. The molecule has 3 aromatic rings. The minimum Gasteiger partial charge on any atom is -1.00 e. The van der Waals surface area contributed by atoms with Crippen molar-refractivity contribution in [3.8, 4) is 11.3 Å². The van der Waals surface area contributed by atoms with E-state index in [9.17, 15) is 4.79 Å². The molecule has 154 valence electrons. The number of pyridine rings is 1. The molecule has 0 spiro atoms. The van der Waals surface area contributed by atoms with Crippen LogP contribution in [0.3, 0.4) is 0 Å². The summed E-state index contributed by atoms with van der Waals surface area (Å²) in [7, 11) is 0. The maximum Gasteiger partial charge on any atom is 0.237 e. The number of nitrogens with one attached hydrogen (secondary N) is 1. The second-order valence-corrected chi connectivity index (χ2v) is 9.21. The largest absolute Gasteiger partial charge is 1.00 e. The third-order valence-corrected chi connectivity index (χ3v) is 6.71. The van der Waals surface area contributed by atoms with E-state index in [-0.39, 0.29) is 18.2 Å². The van der Waals surface area contributed by atoms with Gasteiger partial charge >= 0.3 is 0 Å². The first-order chi connectivity index (χ1) is 13.7. The average Bonchev–Trinajstić information content (AvgIpc) is 3.37. The quantitative estimate of drug-likeness (QED) is 0.462. The second-order valence-electron chi connectivity index (χ2n) is 7.92. The molecule has 6 heteroatoms. The molecule has 0 aromatic carbocycles. The molecule has 1 aliphatic rings. The summed E-state index contributed by atoms with van der Waals surface area (Å²) in [5.74, 6) is 1.03. The van der Waals surface area contributed by atoms with Crippen LogP contribution in [0.15, 0.2) is 42.7 Å². The number of Topliss-reactive ketones (excluding diaryl/α,β-unsaturated/α-hetero) is 1. The van der Waals surface area contributed by atoms with Crippen molar-refractivity contribution in [1.29, 1.82) is 0 Å². The average molecular weight is 430 g/mol. The Balaban J connectivity index is 0.00000240. The number of ketones is 1. The van der Waals surface area contributed by atoms with Gasteiger partial charge in [-0.3, -0.25) is 9.89 Å². The fraction of sp³-hybridized carbons (Fsp3) is 0.435. The van der Waals surface area contributed by atoms with Gasteiger partial charge in [-0.05, 0) is 49.9 Å². The summed E-state index contributed by atoms with van der Waals surface area (Å²) >= 11 is 1.56. The molecule has 1 N–H and O–H groups in total. The molecule has 4 nitrogen and oxygen atoms in total. The molecule has 0 atom stereocenters. The Hall–Kier alpha value is -1.98. The summed E-state index contributed by atoms with van der Waals surface area (Å²) in [4.78, 5) is 14.5. The predicted octanol–water partition coefficient (Wildman–Crippen LogP) is 2.13. The Bertz CT molecular complexity index is 943. The number of aromatic nitrogens is 3. The monoisotopic (exact) mass is 429 g/mol. The SMILES string of the molecule is Cc1ccc(C(=O)C[n+]2cccc(-c3cc(CCC4CCCCC4)[nH]n3)c2)s1.[Cl-]. The number of rotatable bonds is 7. The second kappa shape index (κ2) is 10.2. The molecular weight excluding hydrogens is 402 g/mol. The zero-order valence-corrected chi connectivity index (χ0v) is 18.4. The predicted molar refractivity (Wildman–Crippen MR) is 113 cm³/mol. The molecule has 1 fully saturated rings. The van der Waals surface area contributed by atoms with E-state index >= 15 is 0 Å². The van der Waals surface area contributed by atoms with Crippen molar-refractivity contribution >= 4 is 17.1 Å². The number of carbonyl (C=O) groups excluding carboxylic acids is 1. The van der Waals surface area contributed by atoms with Crippen LogP contribution in [0.5, 0.6) is 0 Å². The van der Waals surface area contributed by atoms with E-state index in [4.69, 9.17) is 0 Å². The van der Waals surface area contributed by atoms with Gasteiger partial charge in [0.05, 0.1) is 16.1 Å². The molecule has 3 aromatic heterocycles. The van der Waals surface area contributed by atoms with Crippen LogP contribution in [-0.2, 0) is 13.0 Å². The van der Waals surface area contributed by atoms with E-state index < -0.39 is 0 Å². The van der Waals surface area contributed by atoms with Crippen molar-refractivity contribution in [3.05, 3.63) is 58.2 Å². The number of aromatic amines is 1. The standard InChI is InChI=1S/C23H28N3OS.ClH/c1-17-9-12-23(28-17)22(27)16-26-13-5-8-19(15-26)21-14-20(24-25-21)11-10-18-6-3-2-4-7-18;/h5,8-9,12-15,18H,2-4,6-7,10-11,16H2,1H3,(H,24,25);1H/q+1;/p-1. The molecule has 1 saturated carbocycles. The third-order valence-electron chi connectivity index (χ3n) is 5.67. The van der Waals surface area contributed by atoms with E-state index in [1.165, 1.54) is 49.1 Å². The van der Waals surface area contributed by atoms with Gasteiger partial charge in [0.25, 0.3) is 0 Å². The Morgan fingerprint density at radius 2 is 2.07 bits per heavy atom. The number of thiophene rings is 1. The van der Waals surface area contributed by atoms with Crippen molar-refractivity contribution in [2.75, 3.05) is 0 Å². The smallest absolute Gasteiger partial charge is 0.237 e. The van der Waals surface area contributed by atoms with Crippen molar-refractivity contribution < 1.29 is 21.8 Å². The van der Waals surface area contributed by atoms with Gasteiger partial charge in [0.2, 0.25) is 12.3 Å². The Morgan fingerprint density at radius 3 is 2.83 bits per heavy atom. The van der Waals surface area contributed by atoms with Crippen LogP contribution in [0.25, 0.3) is 11.3 Å². The maximum absolute atomic E-state index is 12.5. The van der Waals surface area contributed by atoms with Gasteiger partial charge in [-0.1, -0.05) is 32.1 Å². The van der Waals surface area contributed by atoms with Crippen LogP contribution < -0.4 is 17.0 Å². The molecule has 0 amide bonds. The van der Waals surface area contributed by atoms with Crippen molar-refractivity contribution in [2.45, 2.75) is 58.4 Å². The highest BCUT2D eigenvalue weighted by Crippen LogP contribution is 2.27. The number of halogens is 1. The highest BCUT2D eigenvalue weighted by atomic mass is 35.5. The summed E-state index contributed by atoms with van der Waals surface area (Å²) in [6, 6.07) is 10.1. The lowest BCUT2D eigenvalue weighted by atomic mass is 9.86. The minimum absolute atomic E-state index is 0.